The molecular weight excluding hydrogens is 452 g/mol. The Morgan fingerprint density at radius 2 is 1.78 bits per heavy atom. The van der Waals surface area contributed by atoms with Crippen LogP contribution in [0.15, 0.2) is 47.6 Å². The van der Waals surface area contributed by atoms with Gasteiger partial charge in [0, 0.05) is 23.7 Å². The van der Waals surface area contributed by atoms with Gasteiger partial charge in [0.15, 0.2) is 0 Å². The Balaban J connectivity index is 2.06. The van der Waals surface area contributed by atoms with Crippen molar-refractivity contribution < 1.29 is 24.9 Å². The van der Waals surface area contributed by atoms with Crippen molar-refractivity contribution >= 4 is 11.9 Å². The number of fused-ring (bicyclic) bond motifs is 2. The number of carboxylic acids is 2. The second-order valence-electron chi connectivity index (χ2n) is 12.7. The second kappa shape index (κ2) is 9.96. The van der Waals surface area contributed by atoms with Crippen LogP contribution in [0.25, 0.3) is 0 Å². The molecule has 0 amide bonds. The molecule has 0 saturated heterocycles. The van der Waals surface area contributed by atoms with E-state index in [0.717, 1.165) is 24.0 Å². The second-order valence-corrected chi connectivity index (χ2v) is 12.7. The third kappa shape index (κ3) is 4.53. The van der Waals surface area contributed by atoms with Gasteiger partial charge >= 0.3 is 11.9 Å². The van der Waals surface area contributed by atoms with Gasteiger partial charge in [-0.3, -0.25) is 9.59 Å². The number of allylic oxidation sites excluding steroid dienone is 6. The Labute approximate surface area is 217 Å². The summed E-state index contributed by atoms with van der Waals surface area (Å²) < 4.78 is 0. The van der Waals surface area contributed by atoms with Crippen LogP contribution in [0.1, 0.15) is 86.5 Å². The van der Waals surface area contributed by atoms with Crippen molar-refractivity contribution in [2.24, 2.45) is 39.9 Å². The number of aliphatic carboxylic acids is 2. The number of aliphatic hydroxyl groups is 1. The number of aliphatic hydroxyl groups excluding tert-OH is 1. The van der Waals surface area contributed by atoms with Crippen LogP contribution in [-0.2, 0) is 9.59 Å². The molecule has 36 heavy (non-hydrogen) atoms. The summed E-state index contributed by atoms with van der Waals surface area (Å²) in [6, 6.07) is 0. The highest BCUT2D eigenvalue weighted by molar-refractivity contribution is 5.71. The average molecular weight is 499 g/mol. The maximum absolute atomic E-state index is 12.6. The quantitative estimate of drug-likeness (QED) is 0.288. The molecule has 3 rings (SSSR count). The first-order chi connectivity index (χ1) is 16.6. The normalized spacial score (nSPS) is 36.4. The van der Waals surface area contributed by atoms with Crippen molar-refractivity contribution in [2.75, 3.05) is 0 Å². The highest BCUT2D eigenvalue weighted by Gasteiger charge is 2.65. The molecular formula is C31H46O5. The number of hydrogen-bond acceptors (Lipinski definition) is 3. The Kier molecular flexibility index (Phi) is 7.87. The van der Waals surface area contributed by atoms with E-state index in [-0.39, 0.29) is 29.1 Å². The fourth-order valence-electron chi connectivity index (χ4n) is 7.93. The van der Waals surface area contributed by atoms with Crippen LogP contribution in [0.3, 0.4) is 0 Å². The zero-order valence-electron chi connectivity index (χ0n) is 23.1. The van der Waals surface area contributed by atoms with Crippen molar-refractivity contribution in [3.63, 3.8) is 0 Å². The molecule has 7 atom stereocenters. The Bertz CT molecular complexity index is 1000. The van der Waals surface area contributed by atoms with E-state index in [1.54, 1.807) is 0 Å². The first-order valence-electron chi connectivity index (χ1n) is 13.5. The predicted octanol–water partition coefficient (Wildman–Crippen LogP) is 6.80. The molecule has 0 radical (unpaired) electrons. The molecule has 0 aliphatic heterocycles. The summed E-state index contributed by atoms with van der Waals surface area (Å²) in [5, 5.41) is 31.2. The van der Waals surface area contributed by atoms with Crippen LogP contribution in [0, 0.1) is 39.9 Å². The van der Waals surface area contributed by atoms with Crippen LogP contribution in [0.4, 0.5) is 0 Å². The molecule has 0 aromatic rings. The monoisotopic (exact) mass is 498 g/mol. The van der Waals surface area contributed by atoms with Crippen LogP contribution >= 0.6 is 0 Å². The number of hydrogen-bond donors (Lipinski definition) is 3. The lowest BCUT2D eigenvalue weighted by Crippen LogP contribution is -2.48. The zero-order valence-corrected chi connectivity index (χ0v) is 23.1. The molecule has 3 N–H and O–H groups in total. The Hall–Kier alpha value is -2.14. The van der Waals surface area contributed by atoms with Gasteiger partial charge in [0.25, 0.3) is 0 Å². The number of carboxylic acid groups (broad SMARTS) is 2. The van der Waals surface area contributed by atoms with Gasteiger partial charge in [0.2, 0.25) is 0 Å². The average Bonchev–Trinajstić information content (AvgIpc) is 2.98. The molecule has 0 aromatic heterocycles. The minimum absolute atomic E-state index is 0.0551. The first kappa shape index (κ1) is 28.4. The summed E-state index contributed by atoms with van der Waals surface area (Å²) in [7, 11) is 0. The lowest BCUT2D eigenvalue weighted by molar-refractivity contribution is -0.148. The molecule has 200 valence electrons. The van der Waals surface area contributed by atoms with E-state index in [9.17, 15) is 24.9 Å². The minimum Gasteiger partial charge on any atom is -0.481 e. The van der Waals surface area contributed by atoms with Gasteiger partial charge in [-0.05, 0) is 67.8 Å². The SMILES string of the molecule is C=C(CCC(C(=O)O)C1C(O)CC2(C)C3=C(CCC12C)C(C)(CCC(=O)O)C(C(=C)C)C=C3)C(C)C. The molecule has 3 aliphatic rings. The van der Waals surface area contributed by atoms with E-state index in [0.29, 0.717) is 31.6 Å². The van der Waals surface area contributed by atoms with Gasteiger partial charge in [-0.2, -0.15) is 0 Å². The van der Waals surface area contributed by atoms with Gasteiger partial charge in [-0.1, -0.05) is 76.6 Å². The van der Waals surface area contributed by atoms with Gasteiger partial charge in [-0.15, -0.1) is 0 Å². The molecule has 0 aromatic carbocycles. The Morgan fingerprint density at radius 3 is 2.31 bits per heavy atom. The molecule has 5 nitrogen and oxygen atoms in total. The summed E-state index contributed by atoms with van der Waals surface area (Å²) in [6.45, 7) is 21.1. The standard InChI is InChI=1S/C31H46O5/c1-18(2)20(5)9-10-21(28(35)36)27-25(32)17-31(8)24-12-11-22(19(3)4)29(6,15-14-26(33)34)23(24)13-16-30(27,31)7/h11-12,18,21-22,25,27,32H,3,5,9-10,13-17H2,1-2,4,6-8H3,(H,33,34)(H,35,36). The minimum atomic E-state index is -0.839. The van der Waals surface area contributed by atoms with Crippen LogP contribution < -0.4 is 0 Å². The van der Waals surface area contributed by atoms with Crippen molar-refractivity contribution in [1.82, 2.24) is 0 Å². The topological polar surface area (TPSA) is 94.8 Å². The smallest absolute Gasteiger partial charge is 0.306 e. The third-order valence-corrected chi connectivity index (χ3v) is 10.4. The van der Waals surface area contributed by atoms with E-state index in [1.807, 2.05) is 6.92 Å². The molecule has 0 spiro atoms. The lowest BCUT2D eigenvalue weighted by Gasteiger charge is -2.55. The van der Waals surface area contributed by atoms with Crippen LogP contribution in [0.2, 0.25) is 0 Å². The molecule has 3 aliphatic carbocycles. The molecule has 5 heteroatoms. The van der Waals surface area contributed by atoms with E-state index in [1.165, 1.54) is 11.1 Å². The zero-order chi connectivity index (χ0) is 27.2. The molecule has 1 fully saturated rings. The molecule has 0 heterocycles. The molecule has 1 saturated carbocycles. The van der Waals surface area contributed by atoms with Crippen molar-refractivity contribution in [1.29, 1.82) is 0 Å². The first-order valence-corrected chi connectivity index (χ1v) is 13.5. The van der Waals surface area contributed by atoms with E-state index in [2.05, 4.69) is 59.9 Å². The van der Waals surface area contributed by atoms with Crippen molar-refractivity contribution in [3.8, 4) is 0 Å². The van der Waals surface area contributed by atoms with Gasteiger partial charge < -0.3 is 15.3 Å². The highest BCUT2D eigenvalue weighted by atomic mass is 16.4. The van der Waals surface area contributed by atoms with E-state index < -0.39 is 29.4 Å². The fraction of sp³-hybridized carbons (Fsp3) is 0.677. The van der Waals surface area contributed by atoms with E-state index in [4.69, 9.17) is 0 Å². The van der Waals surface area contributed by atoms with Crippen LogP contribution in [-0.4, -0.2) is 33.4 Å². The summed E-state index contributed by atoms with van der Waals surface area (Å²) in [4.78, 5) is 24.1. The van der Waals surface area contributed by atoms with Gasteiger partial charge in [0.1, 0.15) is 0 Å². The number of carbonyl (C=O) groups is 2. The maximum Gasteiger partial charge on any atom is 0.306 e. The largest absolute Gasteiger partial charge is 0.481 e. The highest BCUT2D eigenvalue weighted by Crippen LogP contribution is 2.70. The molecule has 0 bridgehead atoms. The summed E-state index contributed by atoms with van der Waals surface area (Å²) >= 11 is 0. The molecule has 7 unspecified atom stereocenters. The summed E-state index contributed by atoms with van der Waals surface area (Å²) in [5.41, 5.74) is 3.38. The van der Waals surface area contributed by atoms with E-state index >= 15 is 0 Å². The summed E-state index contributed by atoms with van der Waals surface area (Å²) in [5.74, 6) is -2.28. The fourth-order valence-corrected chi connectivity index (χ4v) is 7.93. The lowest BCUT2D eigenvalue weighted by atomic mass is 9.48. The van der Waals surface area contributed by atoms with Gasteiger partial charge in [0.05, 0.1) is 12.0 Å². The van der Waals surface area contributed by atoms with Crippen molar-refractivity contribution in [2.45, 2.75) is 92.6 Å². The van der Waals surface area contributed by atoms with Crippen LogP contribution in [0.5, 0.6) is 0 Å². The van der Waals surface area contributed by atoms with Gasteiger partial charge in [-0.25, -0.2) is 0 Å². The summed E-state index contributed by atoms with van der Waals surface area (Å²) in [6.07, 6.45) is 7.44. The maximum atomic E-state index is 12.6. The van der Waals surface area contributed by atoms with Crippen molar-refractivity contribution in [3.05, 3.63) is 47.6 Å². The third-order valence-electron chi connectivity index (χ3n) is 10.4. The number of rotatable bonds is 10. The Morgan fingerprint density at radius 1 is 1.14 bits per heavy atom. The predicted molar refractivity (Wildman–Crippen MR) is 143 cm³/mol.